The van der Waals surface area contributed by atoms with Crippen LogP contribution in [0.25, 0.3) is 11.0 Å². The first kappa shape index (κ1) is 11.6. The van der Waals surface area contributed by atoms with E-state index in [1.165, 1.54) is 0 Å². The third kappa shape index (κ3) is 2.52. The second-order valence-corrected chi connectivity index (χ2v) is 4.17. The van der Waals surface area contributed by atoms with Gasteiger partial charge in [-0.25, -0.2) is 4.98 Å². The van der Waals surface area contributed by atoms with E-state index in [-0.39, 0.29) is 0 Å². The molecule has 0 aliphatic heterocycles. The number of methoxy groups -OCH3 is 1. The first-order chi connectivity index (χ1) is 9.35. The number of aromatic amines is 1. The van der Waals surface area contributed by atoms with Crippen molar-refractivity contribution < 1.29 is 9.47 Å². The summed E-state index contributed by atoms with van der Waals surface area (Å²) in [4.78, 5) is 7.69. The highest BCUT2D eigenvalue weighted by Crippen LogP contribution is 2.19. The fraction of sp³-hybridized carbons (Fsp3) is 0.133. The lowest BCUT2D eigenvalue weighted by atomic mass is 10.3. The number of H-pyrrole nitrogens is 1. The predicted octanol–water partition coefficient (Wildman–Crippen LogP) is 3.15. The Morgan fingerprint density at radius 1 is 1.05 bits per heavy atom. The van der Waals surface area contributed by atoms with Crippen LogP contribution in [0.2, 0.25) is 0 Å². The fourth-order valence-electron chi connectivity index (χ4n) is 1.91. The van der Waals surface area contributed by atoms with Crippen molar-refractivity contribution in [2.75, 3.05) is 7.11 Å². The van der Waals surface area contributed by atoms with Crippen LogP contribution in [0.4, 0.5) is 0 Å². The van der Waals surface area contributed by atoms with Gasteiger partial charge in [0.25, 0.3) is 0 Å². The number of benzene rings is 2. The standard InChI is InChI=1S/C15H14N2O2/c1-18-12-7-8-13-14(9-12)17-15(16-13)10-19-11-5-3-2-4-6-11/h2-9H,10H2,1H3,(H,16,17). The lowest BCUT2D eigenvalue weighted by Crippen LogP contribution is -1.96. The Kier molecular flexibility index (Phi) is 3.06. The minimum Gasteiger partial charge on any atom is -0.497 e. The molecule has 2 aromatic carbocycles. The van der Waals surface area contributed by atoms with Crippen LogP contribution in [0.15, 0.2) is 48.5 Å². The van der Waals surface area contributed by atoms with Crippen LogP contribution in [-0.4, -0.2) is 17.1 Å². The highest BCUT2D eigenvalue weighted by Gasteiger charge is 2.04. The highest BCUT2D eigenvalue weighted by atomic mass is 16.5. The zero-order valence-corrected chi connectivity index (χ0v) is 10.6. The van der Waals surface area contributed by atoms with Gasteiger partial charge >= 0.3 is 0 Å². The fourth-order valence-corrected chi connectivity index (χ4v) is 1.91. The number of hydrogen-bond acceptors (Lipinski definition) is 3. The van der Waals surface area contributed by atoms with Crippen molar-refractivity contribution in [1.82, 2.24) is 9.97 Å². The topological polar surface area (TPSA) is 47.1 Å². The molecule has 0 saturated heterocycles. The third-order valence-corrected chi connectivity index (χ3v) is 2.86. The van der Waals surface area contributed by atoms with Gasteiger partial charge in [0, 0.05) is 6.07 Å². The Morgan fingerprint density at radius 3 is 2.68 bits per heavy atom. The van der Waals surface area contributed by atoms with Crippen molar-refractivity contribution in [3.63, 3.8) is 0 Å². The molecule has 0 saturated carbocycles. The molecule has 0 aliphatic carbocycles. The minimum atomic E-state index is 0.418. The van der Waals surface area contributed by atoms with Gasteiger partial charge < -0.3 is 14.5 Å². The number of imidazole rings is 1. The molecule has 1 aromatic heterocycles. The van der Waals surface area contributed by atoms with Gasteiger partial charge in [-0.05, 0) is 24.3 Å². The summed E-state index contributed by atoms with van der Waals surface area (Å²) < 4.78 is 10.8. The smallest absolute Gasteiger partial charge is 0.146 e. The number of nitrogens with one attached hydrogen (secondary N) is 1. The summed E-state index contributed by atoms with van der Waals surface area (Å²) in [6.45, 7) is 0.418. The number of rotatable bonds is 4. The molecule has 0 bridgehead atoms. The molecule has 1 N–H and O–H groups in total. The number of aromatic nitrogens is 2. The zero-order valence-electron chi connectivity index (χ0n) is 10.6. The van der Waals surface area contributed by atoms with Gasteiger partial charge in [0.05, 0.1) is 18.1 Å². The Hall–Kier alpha value is -2.49. The van der Waals surface area contributed by atoms with E-state index >= 15 is 0 Å². The molecule has 0 fully saturated rings. The molecule has 1 heterocycles. The third-order valence-electron chi connectivity index (χ3n) is 2.86. The van der Waals surface area contributed by atoms with Crippen LogP contribution >= 0.6 is 0 Å². The average molecular weight is 254 g/mol. The highest BCUT2D eigenvalue weighted by molar-refractivity contribution is 5.76. The second kappa shape index (κ2) is 5.02. The van der Waals surface area contributed by atoms with E-state index in [0.717, 1.165) is 28.4 Å². The molecule has 4 nitrogen and oxygen atoms in total. The number of hydrogen-bond donors (Lipinski definition) is 1. The van der Waals surface area contributed by atoms with E-state index in [9.17, 15) is 0 Å². The molecule has 0 radical (unpaired) electrons. The van der Waals surface area contributed by atoms with Gasteiger partial charge in [0.1, 0.15) is 23.9 Å². The number of para-hydroxylation sites is 1. The Labute approximate surface area is 111 Å². The maximum atomic E-state index is 5.65. The van der Waals surface area contributed by atoms with Crippen molar-refractivity contribution in [1.29, 1.82) is 0 Å². The van der Waals surface area contributed by atoms with Crippen LogP contribution in [-0.2, 0) is 6.61 Å². The Bertz CT molecular complexity index is 677. The van der Waals surface area contributed by atoms with Crippen LogP contribution < -0.4 is 9.47 Å². The van der Waals surface area contributed by atoms with Gasteiger partial charge in [0.2, 0.25) is 0 Å². The van der Waals surface area contributed by atoms with Gasteiger partial charge in [-0.1, -0.05) is 18.2 Å². The normalized spacial score (nSPS) is 10.6. The van der Waals surface area contributed by atoms with Crippen LogP contribution in [0.1, 0.15) is 5.82 Å². The quantitative estimate of drug-likeness (QED) is 0.778. The van der Waals surface area contributed by atoms with Crippen molar-refractivity contribution in [2.24, 2.45) is 0 Å². The van der Waals surface area contributed by atoms with Crippen LogP contribution in [0, 0.1) is 0 Å². The van der Waals surface area contributed by atoms with Crippen LogP contribution in [0.5, 0.6) is 11.5 Å². The minimum absolute atomic E-state index is 0.418. The van der Waals surface area contributed by atoms with Crippen LogP contribution in [0.3, 0.4) is 0 Å². The molecular formula is C15H14N2O2. The largest absolute Gasteiger partial charge is 0.497 e. The number of nitrogens with zero attached hydrogens (tertiary/aromatic N) is 1. The summed E-state index contributed by atoms with van der Waals surface area (Å²) >= 11 is 0. The summed E-state index contributed by atoms with van der Waals surface area (Å²) in [6.07, 6.45) is 0. The summed E-state index contributed by atoms with van der Waals surface area (Å²) in [6, 6.07) is 15.4. The molecule has 0 atom stereocenters. The monoisotopic (exact) mass is 254 g/mol. The molecule has 0 spiro atoms. The average Bonchev–Trinajstić information content (AvgIpc) is 2.88. The summed E-state index contributed by atoms with van der Waals surface area (Å²) in [7, 11) is 1.65. The maximum Gasteiger partial charge on any atom is 0.146 e. The maximum absolute atomic E-state index is 5.65. The molecule has 19 heavy (non-hydrogen) atoms. The first-order valence-corrected chi connectivity index (χ1v) is 6.05. The lowest BCUT2D eigenvalue weighted by Gasteiger charge is -2.02. The second-order valence-electron chi connectivity index (χ2n) is 4.17. The van der Waals surface area contributed by atoms with Crippen molar-refractivity contribution >= 4 is 11.0 Å². The van der Waals surface area contributed by atoms with E-state index in [1.807, 2.05) is 48.5 Å². The zero-order chi connectivity index (χ0) is 13.1. The Balaban J connectivity index is 1.78. The molecule has 0 aliphatic rings. The van der Waals surface area contributed by atoms with Gasteiger partial charge in [-0.3, -0.25) is 0 Å². The van der Waals surface area contributed by atoms with Crippen molar-refractivity contribution in [3.05, 3.63) is 54.4 Å². The van der Waals surface area contributed by atoms with Crippen molar-refractivity contribution in [3.8, 4) is 11.5 Å². The molecular weight excluding hydrogens is 240 g/mol. The van der Waals surface area contributed by atoms with Gasteiger partial charge in [-0.2, -0.15) is 0 Å². The predicted molar refractivity (Wildman–Crippen MR) is 73.4 cm³/mol. The van der Waals surface area contributed by atoms with E-state index in [2.05, 4.69) is 9.97 Å². The van der Waals surface area contributed by atoms with Crippen molar-refractivity contribution in [2.45, 2.75) is 6.61 Å². The summed E-state index contributed by atoms with van der Waals surface area (Å²) in [5.74, 6) is 2.44. The van der Waals surface area contributed by atoms with Gasteiger partial charge in [0.15, 0.2) is 0 Å². The molecule has 4 heteroatoms. The van der Waals surface area contributed by atoms with E-state index in [0.29, 0.717) is 6.61 Å². The van der Waals surface area contributed by atoms with E-state index in [4.69, 9.17) is 9.47 Å². The summed E-state index contributed by atoms with van der Waals surface area (Å²) in [5.41, 5.74) is 1.86. The first-order valence-electron chi connectivity index (χ1n) is 6.05. The van der Waals surface area contributed by atoms with E-state index in [1.54, 1.807) is 7.11 Å². The lowest BCUT2D eigenvalue weighted by molar-refractivity contribution is 0.297. The molecule has 96 valence electrons. The SMILES string of the molecule is COc1ccc2nc(COc3ccccc3)[nH]c2c1. The van der Waals surface area contributed by atoms with E-state index < -0.39 is 0 Å². The molecule has 0 unspecified atom stereocenters. The molecule has 3 rings (SSSR count). The summed E-state index contributed by atoms with van der Waals surface area (Å²) in [5, 5.41) is 0. The number of fused-ring (bicyclic) bond motifs is 1. The molecule has 3 aromatic rings. The van der Waals surface area contributed by atoms with Gasteiger partial charge in [-0.15, -0.1) is 0 Å². The molecule has 0 amide bonds. The number of ether oxygens (including phenoxy) is 2. The Morgan fingerprint density at radius 2 is 1.89 bits per heavy atom.